The van der Waals surface area contributed by atoms with Gasteiger partial charge in [0.25, 0.3) is 0 Å². The fraction of sp³-hybridized carbons (Fsp3) is 0.600. The van der Waals surface area contributed by atoms with Crippen LogP contribution >= 0.6 is 0 Å². The van der Waals surface area contributed by atoms with E-state index in [0.717, 1.165) is 19.2 Å². The van der Waals surface area contributed by atoms with Crippen molar-refractivity contribution in [2.75, 3.05) is 12.3 Å². The lowest BCUT2D eigenvalue weighted by Crippen LogP contribution is -2.46. The number of hydrogen-bond acceptors (Lipinski definition) is 6. The van der Waals surface area contributed by atoms with Gasteiger partial charge in [-0.25, -0.2) is 4.79 Å². The zero-order valence-electron chi connectivity index (χ0n) is 9.96. The van der Waals surface area contributed by atoms with Gasteiger partial charge in [-0.3, -0.25) is 4.57 Å². The monoisotopic (exact) mass is 277 g/mol. The second kappa shape index (κ2) is 4.22. The Morgan fingerprint density at radius 3 is 2.74 bits per heavy atom. The summed E-state index contributed by atoms with van der Waals surface area (Å²) in [6.45, 7) is 0.304. The lowest BCUT2D eigenvalue weighted by Gasteiger charge is -2.24. The SMILES string of the molecule is C[C@]1(CO)O[C@@H](n2ccc(N)nc2=O)C(F)(F)[C@@H]1O. The summed E-state index contributed by atoms with van der Waals surface area (Å²) in [6, 6.07) is 1.15. The average molecular weight is 277 g/mol. The van der Waals surface area contributed by atoms with Gasteiger partial charge in [0.1, 0.15) is 11.4 Å². The quantitative estimate of drug-likeness (QED) is 0.646. The van der Waals surface area contributed by atoms with Gasteiger partial charge in [0.2, 0.25) is 6.23 Å². The summed E-state index contributed by atoms with van der Waals surface area (Å²) in [5.41, 5.74) is 2.36. The van der Waals surface area contributed by atoms with Gasteiger partial charge < -0.3 is 20.7 Å². The third-order valence-electron chi connectivity index (χ3n) is 3.07. The lowest BCUT2D eigenvalue weighted by molar-refractivity contribution is -0.143. The summed E-state index contributed by atoms with van der Waals surface area (Å²) in [7, 11) is 0. The van der Waals surface area contributed by atoms with Crippen LogP contribution in [0.5, 0.6) is 0 Å². The topological polar surface area (TPSA) is 111 Å². The van der Waals surface area contributed by atoms with E-state index in [0.29, 0.717) is 4.57 Å². The van der Waals surface area contributed by atoms with Crippen molar-refractivity contribution in [1.82, 2.24) is 9.55 Å². The third-order valence-corrected chi connectivity index (χ3v) is 3.07. The Balaban J connectivity index is 2.48. The highest BCUT2D eigenvalue weighted by atomic mass is 19.3. The molecule has 9 heteroatoms. The maximum Gasteiger partial charge on any atom is 0.351 e. The van der Waals surface area contributed by atoms with Gasteiger partial charge in [-0.05, 0) is 13.0 Å². The first-order valence-electron chi connectivity index (χ1n) is 5.41. The third kappa shape index (κ3) is 1.99. The van der Waals surface area contributed by atoms with E-state index in [1.54, 1.807) is 0 Å². The molecule has 0 aromatic carbocycles. The Morgan fingerprint density at radius 2 is 2.26 bits per heavy atom. The van der Waals surface area contributed by atoms with Crippen molar-refractivity contribution in [1.29, 1.82) is 0 Å². The molecule has 1 saturated heterocycles. The number of aliphatic hydroxyl groups is 2. The molecule has 2 rings (SSSR count). The number of alkyl halides is 2. The van der Waals surface area contributed by atoms with Gasteiger partial charge in [0.15, 0.2) is 6.10 Å². The first-order valence-corrected chi connectivity index (χ1v) is 5.41. The van der Waals surface area contributed by atoms with Crippen molar-refractivity contribution in [3.05, 3.63) is 22.7 Å². The van der Waals surface area contributed by atoms with E-state index in [1.165, 1.54) is 0 Å². The first-order chi connectivity index (χ1) is 8.72. The standard InChI is InChI=1S/C10H13F2N3O4/c1-9(4-16)6(17)10(11,12)7(19-9)15-3-2-5(13)14-8(15)18/h2-3,6-7,16-17H,4H2,1H3,(H2,13,14,18)/t6-,7-,9-/m1/s1. The molecule has 106 valence electrons. The van der Waals surface area contributed by atoms with Crippen LogP contribution in [0.4, 0.5) is 14.6 Å². The Bertz CT molecular complexity index is 550. The second-order valence-corrected chi connectivity index (χ2v) is 4.56. The summed E-state index contributed by atoms with van der Waals surface area (Å²) < 4.78 is 33.4. The van der Waals surface area contributed by atoms with Crippen LogP contribution < -0.4 is 11.4 Å². The van der Waals surface area contributed by atoms with E-state index in [-0.39, 0.29) is 5.82 Å². The molecule has 1 fully saturated rings. The lowest BCUT2D eigenvalue weighted by atomic mass is 9.98. The maximum atomic E-state index is 13.9. The summed E-state index contributed by atoms with van der Waals surface area (Å²) >= 11 is 0. The molecule has 0 bridgehead atoms. The molecule has 1 aliphatic rings. The Labute approximate surface area is 106 Å². The van der Waals surface area contributed by atoms with Crippen LogP contribution in [0.25, 0.3) is 0 Å². The van der Waals surface area contributed by atoms with Crippen LogP contribution in [-0.2, 0) is 4.74 Å². The van der Waals surface area contributed by atoms with Crippen LogP contribution in [0.3, 0.4) is 0 Å². The number of hydrogen-bond donors (Lipinski definition) is 3. The summed E-state index contributed by atoms with van der Waals surface area (Å²) in [5, 5.41) is 18.6. The summed E-state index contributed by atoms with van der Waals surface area (Å²) in [4.78, 5) is 14.8. The second-order valence-electron chi connectivity index (χ2n) is 4.56. The molecule has 1 aromatic heterocycles. The smallest absolute Gasteiger partial charge is 0.351 e. The molecule has 4 N–H and O–H groups in total. The molecule has 0 saturated carbocycles. The minimum Gasteiger partial charge on any atom is -0.393 e. The van der Waals surface area contributed by atoms with Crippen LogP contribution in [-0.4, -0.2) is 44.0 Å². The zero-order chi connectivity index (χ0) is 14.4. The van der Waals surface area contributed by atoms with Crippen molar-refractivity contribution in [3.8, 4) is 0 Å². The van der Waals surface area contributed by atoms with Crippen LogP contribution in [0.2, 0.25) is 0 Å². The Morgan fingerprint density at radius 1 is 1.63 bits per heavy atom. The van der Waals surface area contributed by atoms with E-state index in [4.69, 9.17) is 15.6 Å². The van der Waals surface area contributed by atoms with E-state index in [1.807, 2.05) is 0 Å². The van der Waals surface area contributed by atoms with Crippen LogP contribution in [0.15, 0.2) is 17.1 Å². The number of nitrogen functional groups attached to an aromatic ring is 1. The minimum absolute atomic E-state index is 0.118. The Hall–Kier alpha value is -1.58. The van der Waals surface area contributed by atoms with E-state index in [9.17, 15) is 18.7 Å². The highest BCUT2D eigenvalue weighted by Gasteiger charge is 2.64. The number of nitrogens with two attached hydrogens (primary N) is 1. The average Bonchev–Trinajstić information content (AvgIpc) is 2.51. The molecular weight excluding hydrogens is 264 g/mol. The number of rotatable bonds is 2. The Kier molecular flexibility index (Phi) is 3.07. The molecule has 0 radical (unpaired) electrons. The minimum atomic E-state index is -3.75. The van der Waals surface area contributed by atoms with E-state index >= 15 is 0 Å². The molecule has 1 aliphatic heterocycles. The van der Waals surface area contributed by atoms with E-state index in [2.05, 4.69) is 4.98 Å². The molecular formula is C10H13F2N3O4. The van der Waals surface area contributed by atoms with Gasteiger partial charge in [0, 0.05) is 6.20 Å². The molecule has 3 atom stereocenters. The largest absolute Gasteiger partial charge is 0.393 e. The normalized spacial score (nSPS) is 33.5. The van der Waals surface area contributed by atoms with Gasteiger partial charge in [0.05, 0.1) is 6.61 Å². The molecule has 19 heavy (non-hydrogen) atoms. The van der Waals surface area contributed by atoms with Crippen molar-refractivity contribution in [2.45, 2.75) is 30.8 Å². The van der Waals surface area contributed by atoms with Gasteiger partial charge in [-0.1, -0.05) is 0 Å². The fourth-order valence-corrected chi connectivity index (χ4v) is 1.91. The fourth-order valence-electron chi connectivity index (χ4n) is 1.91. The van der Waals surface area contributed by atoms with Crippen molar-refractivity contribution in [2.24, 2.45) is 0 Å². The summed E-state index contributed by atoms with van der Waals surface area (Å²) in [6.07, 6.45) is -3.31. The highest BCUT2D eigenvalue weighted by molar-refractivity contribution is 5.23. The van der Waals surface area contributed by atoms with Gasteiger partial charge in [-0.15, -0.1) is 0 Å². The van der Waals surface area contributed by atoms with Crippen LogP contribution in [0.1, 0.15) is 13.2 Å². The maximum absolute atomic E-state index is 13.9. The number of halogens is 2. The van der Waals surface area contributed by atoms with Crippen molar-refractivity contribution in [3.63, 3.8) is 0 Å². The van der Waals surface area contributed by atoms with Gasteiger partial charge >= 0.3 is 11.6 Å². The number of nitrogens with zero attached hydrogens (tertiary/aromatic N) is 2. The van der Waals surface area contributed by atoms with Crippen LogP contribution in [0, 0.1) is 0 Å². The molecule has 1 aromatic rings. The molecule has 0 amide bonds. The number of aliphatic hydroxyl groups excluding tert-OH is 2. The molecule has 0 spiro atoms. The number of aromatic nitrogens is 2. The predicted octanol–water partition coefficient (Wildman–Crippen LogP) is -0.899. The van der Waals surface area contributed by atoms with Crippen molar-refractivity contribution < 1.29 is 23.7 Å². The predicted molar refractivity (Wildman–Crippen MR) is 59.5 cm³/mol. The number of ether oxygens (including phenoxy) is 1. The van der Waals surface area contributed by atoms with Crippen molar-refractivity contribution >= 4 is 5.82 Å². The number of anilines is 1. The van der Waals surface area contributed by atoms with E-state index < -0.39 is 36.2 Å². The zero-order valence-corrected chi connectivity index (χ0v) is 9.96. The first kappa shape index (κ1) is 13.8. The van der Waals surface area contributed by atoms with Gasteiger partial charge in [-0.2, -0.15) is 13.8 Å². The highest BCUT2D eigenvalue weighted by Crippen LogP contribution is 2.47. The molecule has 0 unspecified atom stereocenters. The molecule has 2 heterocycles. The summed E-state index contributed by atoms with van der Waals surface area (Å²) in [5.74, 6) is -3.87. The molecule has 7 nitrogen and oxygen atoms in total. The molecule has 0 aliphatic carbocycles.